The van der Waals surface area contributed by atoms with Crippen LogP contribution in [0.3, 0.4) is 0 Å². The molecule has 2 aromatic carbocycles. The van der Waals surface area contributed by atoms with E-state index in [0.717, 1.165) is 16.7 Å². The number of hydrogen-bond acceptors (Lipinski definition) is 2. The van der Waals surface area contributed by atoms with Gasteiger partial charge in [-0.2, -0.15) is 0 Å². The first-order valence-corrected chi connectivity index (χ1v) is 7.85. The molecule has 0 aromatic heterocycles. The predicted octanol–water partition coefficient (Wildman–Crippen LogP) is 2.23. The molecule has 1 aliphatic rings. The number of nitrogens with zero attached hydrogens (tertiary/aromatic N) is 1. The van der Waals surface area contributed by atoms with Crippen LogP contribution in [0.5, 0.6) is 0 Å². The summed E-state index contributed by atoms with van der Waals surface area (Å²) in [5.74, 6) is -0.451. The molecule has 0 spiro atoms. The zero-order valence-electron chi connectivity index (χ0n) is 12.9. The van der Waals surface area contributed by atoms with Gasteiger partial charge in [0.1, 0.15) is 0 Å². The maximum absolute atomic E-state index is 12.3. The Morgan fingerprint density at radius 1 is 1.00 bits per heavy atom. The first kappa shape index (κ1) is 15.3. The van der Waals surface area contributed by atoms with Gasteiger partial charge in [-0.05, 0) is 23.1 Å². The molecule has 0 aliphatic carbocycles. The highest BCUT2D eigenvalue weighted by Gasteiger charge is 2.29. The molecule has 2 N–H and O–H groups in total. The van der Waals surface area contributed by atoms with Crippen LogP contribution in [-0.4, -0.2) is 29.8 Å². The second-order valence-corrected chi connectivity index (χ2v) is 5.97. The standard InChI is InChI=1S/C19H20N2O2/c20-19(23)17-10-11-21(13-17)18(22)12-14-6-8-16(9-7-14)15-4-2-1-3-5-15/h1-9,17H,10-13H2,(H2,20,23)/t17-/m0/s1. The first-order valence-electron chi connectivity index (χ1n) is 7.85. The molecule has 1 saturated heterocycles. The third-order valence-corrected chi connectivity index (χ3v) is 4.36. The summed E-state index contributed by atoms with van der Waals surface area (Å²) in [4.78, 5) is 25.2. The highest BCUT2D eigenvalue weighted by atomic mass is 16.2. The lowest BCUT2D eigenvalue weighted by atomic mass is 10.0. The van der Waals surface area contributed by atoms with E-state index in [1.165, 1.54) is 0 Å². The van der Waals surface area contributed by atoms with Crippen LogP contribution in [0, 0.1) is 5.92 Å². The molecule has 0 bridgehead atoms. The average Bonchev–Trinajstić information content (AvgIpc) is 3.07. The van der Waals surface area contributed by atoms with Gasteiger partial charge in [-0.25, -0.2) is 0 Å². The molecule has 1 atom stereocenters. The second kappa shape index (κ2) is 6.65. The van der Waals surface area contributed by atoms with Gasteiger partial charge in [-0.1, -0.05) is 54.6 Å². The Kier molecular flexibility index (Phi) is 4.42. The van der Waals surface area contributed by atoms with Gasteiger partial charge in [0, 0.05) is 13.1 Å². The van der Waals surface area contributed by atoms with Crippen LogP contribution in [-0.2, 0) is 16.0 Å². The summed E-state index contributed by atoms with van der Waals surface area (Å²) in [5.41, 5.74) is 8.59. The molecule has 2 aromatic rings. The fraction of sp³-hybridized carbons (Fsp3) is 0.263. The third-order valence-electron chi connectivity index (χ3n) is 4.36. The van der Waals surface area contributed by atoms with Crippen molar-refractivity contribution in [3.63, 3.8) is 0 Å². The van der Waals surface area contributed by atoms with Gasteiger partial charge in [0.2, 0.25) is 11.8 Å². The number of amides is 2. The van der Waals surface area contributed by atoms with Crippen LogP contribution in [0.15, 0.2) is 54.6 Å². The number of benzene rings is 2. The highest BCUT2D eigenvalue weighted by Crippen LogP contribution is 2.21. The maximum Gasteiger partial charge on any atom is 0.227 e. The van der Waals surface area contributed by atoms with Crippen molar-refractivity contribution in [3.8, 4) is 11.1 Å². The van der Waals surface area contributed by atoms with E-state index in [-0.39, 0.29) is 17.7 Å². The first-order chi connectivity index (χ1) is 11.1. The normalized spacial score (nSPS) is 17.2. The number of nitrogens with two attached hydrogens (primary N) is 1. The van der Waals surface area contributed by atoms with Crippen molar-refractivity contribution in [1.82, 2.24) is 4.90 Å². The lowest BCUT2D eigenvalue weighted by Crippen LogP contribution is -2.32. The molecule has 3 rings (SSSR count). The number of carbonyl (C=O) groups is 2. The minimum atomic E-state index is -0.312. The molecule has 2 amide bonds. The van der Waals surface area contributed by atoms with E-state index in [1.54, 1.807) is 4.90 Å². The fourth-order valence-corrected chi connectivity index (χ4v) is 2.95. The quantitative estimate of drug-likeness (QED) is 0.941. The molecule has 4 heteroatoms. The lowest BCUT2D eigenvalue weighted by Gasteiger charge is -2.16. The van der Waals surface area contributed by atoms with Crippen LogP contribution < -0.4 is 5.73 Å². The average molecular weight is 308 g/mol. The minimum Gasteiger partial charge on any atom is -0.369 e. The van der Waals surface area contributed by atoms with Crippen molar-refractivity contribution in [3.05, 3.63) is 60.2 Å². The Morgan fingerprint density at radius 3 is 2.26 bits per heavy atom. The molecule has 0 radical (unpaired) electrons. The zero-order valence-corrected chi connectivity index (χ0v) is 12.9. The zero-order chi connectivity index (χ0) is 16.2. The number of rotatable bonds is 4. The Morgan fingerprint density at radius 2 is 1.65 bits per heavy atom. The van der Waals surface area contributed by atoms with Gasteiger partial charge in [-0.15, -0.1) is 0 Å². The van der Waals surface area contributed by atoms with E-state index in [2.05, 4.69) is 12.1 Å². The van der Waals surface area contributed by atoms with Gasteiger partial charge in [0.25, 0.3) is 0 Å². The highest BCUT2D eigenvalue weighted by molar-refractivity contribution is 5.82. The monoisotopic (exact) mass is 308 g/mol. The molecule has 0 saturated carbocycles. The van der Waals surface area contributed by atoms with Gasteiger partial charge in [0.15, 0.2) is 0 Å². The van der Waals surface area contributed by atoms with Crippen molar-refractivity contribution in [2.45, 2.75) is 12.8 Å². The fourth-order valence-electron chi connectivity index (χ4n) is 2.95. The predicted molar refractivity (Wildman–Crippen MR) is 89.5 cm³/mol. The van der Waals surface area contributed by atoms with Crippen molar-refractivity contribution >= 4 is 11.8 Å². The number of primary amides is 1. The van der Waals surface area contributed by atoms with Gasteiger partial charge >= 0.3 is 0 Å². The molecule has 1 aliphatic heterocycles. The van der Waals surface area contributed by atoms with E-state index in [1.807, 2.05) is 42.5 Å². The van der Waals surface area contributed by atoms with Crippen molar-refractivity contribution < 1.29 is 9.59 Å². The topological polar surface area (TPSA) is 63.4 Å². The summed E-state index contributed by atoms with van der Waals surface area (Å²) >= 11 is 0. The largest absolute Gasteiger partial charge is 0.369 e. The van der Waals surface area contributed by atoms with Crippen molar-refractivity contribution in [1.29, 1.82) is 0 Å². The van der Waals surface area contributed by atoms with Crippen LogP contribution in [0.4, 0.5) is 0 Å². The summed E-state index contributed by atoms with van der Waals surface area (Å²) in [6, 6.07) is 18.2. The molecular formula is C19H20N2O2. The smallest absolute Gasteiger partial charge is 0.227 e. The van der Waals surface area contributed by atoms with Gasteiger partial charge in [-0.3, -0.25) is 9.59 Å². The van der Waals surface area contributed by atoms with E-state index in [4.69, 9.17) is 5.73 Å². The number of likely N-dealkylation sites (tertiary alicyclic amines) is 1. The van der Waals surface area contributed by atoms with Crippen molar-refractivity contribution in [2.24, 2.45) is 11.7 Å². The van der Waals surface area contributed by atoms with Crippen molar-refractivity contribution in [2.75, 3.05) is 13.1 Å². The molecule has 23 heavy (non-hydrogen) atoms. The number of hydrogen-bond donors (Lipinski definition) is 1. The SMILES string of the molecule is NC(=O)[C@H]1CCN(C(=O)Cc2ccc(-c3ccccc3)cc2)C1. The second-order valence-electron chi connectivity index (χ2n) is 5.97. The summed E-state index contributed by atoms with van der Waals surface area (Å²) in [5, 5.41) is 0. The van der Waals surface area contributed by atoms with Crippen LogP contribution in [0.2, 0.25) is 0 Å². The Hall–Kier alpha value is -2.62. The molecule has 118 valence electrons. The van der Waals surface area contributed by atoms with Crippen LogP contribution in [0.1, 0.15) is 12.0 Å². The summed E-state index contributed by atoms with van der Waals surface area (Å²) in [7, 11) is 0. The van der Waals surface area contributed by atoms with E-state index >= 15 is 0 Å². The van der Waals surface area contributed by atoms with E-state index in [0.29, 0.717) is 25.9 Å². The van der Waals surface area contributed by atoms with Crippen LogP contribution >= 0.6 is 0 Å². The van der Waals surface area contributed by atoms with E-state index in [9.17, 15) is 9.59 Å². The van der Waals surface area contributed by atoms with E-state index < -0.39 is 0 Å². The molecule has 4 nitrogen and oxygen atoms in total. The minimum absolute atomic E-state index is 0.0567. The Balaban J connectivity index is 1.62. The molecular weight excluding hydrogens is 288 g/mol. The lowest BCUT2D eigenvalue weighted by molar-refractivity contribution is -0.129. The Bertz CT molecular complexity index is 695. The molecule has 0 unspecified atom stereocenters. The summed E-state index contributed by atoms with van der Waals surface area (Å²) in [6.07, 6.45) is 1.04. The Labute approximate surface area is 135 Å². The summed E-state index contributed by atoms with van der Waals surface area (Å²) < 4.78 is 0. The third kappa shape index (κ3) is 3.59. The number of carbonyl (C=O) groups excluding carboxylic acids is 2. The van der Waals surface area contributed by atoms with Gasteiger partial charge < -0.3 is 10.6 Å². The van der Waals surface area contributed by atoms with Gasteiger partial charge in [0.05, 0.1) is 12.3 Å². The van der Waals surface area contributed by atoms with Crippen LogP contribution in [0.25, 0.3) is 11.1 Å². The molecule has 1 fully saturated rings. The summed E-state index contributed by atoms with van der Waals surface area (Å²) in [6.45, 7) is 1.07. The maximum atomic E-state index is 12.3. The molecule has 1 heterocycles.